The molecule has 0 saturated carbocycles. The zero-order valence-electron chi connectivity index (χ0n) is 12.1. The minimum absolute atomic E-state index is 0.171. The van der Waals surface area contributed by atoms with Gasteiger partial charge in [0.1, 0.15) is 10.5 Å². The van der Waals surface area contributed by atoms with E-state index in [4.69, 9.17) is 11.6 Å². The molecule has 0 aliphatic heterocycles. The summed E-state index contributed by atoms with van der Waals surface area (Å²) < 4.78 is 29.7. The van der Waals surface area contributed by atoms with Crippen LogP contribution < -0.4 is 4.72 Å². The van der Waals surface area contributed by atoms with Crippen molar-refractivity contribution in [2.45, 2.75) is 17.7 Å². The maximum Gasteiger partial charge on any atom is 0.271 e. The molecule has 0 fully saturated rings. The molecule has 0 aliphatic carbocycles. The van der Waals surface area contributed by atoms with E-state index >= 15 is 0 Å². The Bertz CT molecular complexity index is 934. The second kappa shape index (κ2) is 6.31. The fourth-order valence-electron chi connectivity index (χ4n) is 2.08. The molecule has 2 aromatic heterocycles. The van der Waals surface area contributed by atoms with Gasteiger partial charge in [0, 0.05) is 17.8 Å². The highest BCUT2D eigenvalue weighted by Gasteiger charge is 2.17. The minimum atomic E-state index is -3.65. The van der Waals surface area contributed by atoms with Gasteiger partial charge in [0.05, 0.1) is 4.34 Å². The number of hydrogen-bond acceptors (Lipinski definition) is 5. The number of rotatable bonds is 5. The molecule has 23 heavy (non-hydrogen) atoms. The van der Waals surface area contributed by atoms with Gasteiger partial charge in [-0.3, -0.25) is 4.72 Å². The first-order valence-corrected chi connectivity index (χ1v) is 9.44. The largest absolute Gasteiger partial charge is 0.314 e. The maximum absolute atomic E-state index is 12.3. The normalized spacial score (nSPS) is 11.6. The quantitative estimate of drug-likeness (QED) is 0.747. The van der Waals surface area contributed by atoms with Crippen LogP contribution in [-0.2, 0) is 16.6 Å². The van der Waals surface area contributed by atoms with Gasteiger partial charge in [0.15, 0.2) is 5.82 Å². The predicted octanol–water partition coefficient (Wildman–Crippen LogP) is 3.48. The lowest BCUT2D eigenvalue weighted by atomic mass is 10.2. The molecular formula is C14H13ClN4O2S2. The molecule has 0 aliphatic rings. The smallest absolute Gasteiger partial charge is 0.271 e. The zero-order chi connectivity index (χ0) is 16.4. The lowest BCUT2D eigenvalue weighted by Crippen LogP contribution is -2.11. The summed E-state index contributed by atoms with van der Waals surface area (Å²) in [6, 6.07) is 10.1. The Balaban J connectivity index is 1.92. The Morgan fingerprint density at radius 3 is 2.83 bits per heavy atom. The van der Waals surface area contributed by atoms with Crippen LogP contribution in [0.25, 0.3) is 11.4 Å². The van der Waals surface area contributed by atoms with Crippen molar-refractivity contribution < 1.29 is 8.42 Å². The van der Waals surface area contributed by atoms with E-state index in [0.29, 0.717) is 15.8 Å². The fourth-order valence-corrected chi connectivity index (χ4v) is 4.61. The first kappa shape index (κ1) is 16.0. The van der Waals surface area contributed by atoms with Crippen molar-refractivity contribution in [3.63, 3.8) is 0 Å². The monoisotopic (exact) mass is 368 g/mol. The molecule has 1 aromatic carbocycles. The van der Waals surface area contributed by atoms with Crippen molar-refractivity contribution in [2.24, 2.45) is 0 Å². The third kappa shape index (κ3) is 3.39. The van der Waals surface area contributed by atoms with E-state index in [9.17, 15) is 8.42 Å². The van der Waals surface area contributed by atoms with Crippen LogP contribution in [0.1, 0.15) is 6.92 Å². The Morgan fingerprint density at radius 2 is 2.13 bits per heavy atom. The van der Waals surface area contributed by atoms with Gasteiger partial charge in [-0.05, 0) is 31.2 Å². The number of hydrogen-bond donors (Lipinski definition) is 1. The third-order valence-electron chi connectivity index (χ3n) is 3.14. The second-order valence-corrected chi connectivity index (χ2v) is 8.31. The van der Waals surface area contributed by atoms with Crippen molar-refractivity contribution in [1.29, 1.82) is 0 Å². The van der Waals surface area contributed by atoms with Crippen LogP contribution in [-0.4, -0.2) is 23.2 Å². The molecule has 6 nitrogen and oxygen atoms in total. The van der Waals surface area contributed by atoms with Crippen LogP contribution in [0.4, 0.5) is 5.69 Å². The SMILES string of the molecule is CCn1cnnc1-c1cccc(NS(=O)(=O)c2ccc(Cl)s2)c1. The fraction of sp³-hybridized carbons (Fsp3) is 0.143. The van der Waals surface area contributed by atoms with E-state index in [1.54, 1.807) is 30.6 Å². The summed E-state index contributed by atoms with van der Waals surface area (Å²) in [7, 11) is -3.65. The molecule has 9 heteroatoms. The molecular weight excluding hydrogens is 356 g/mol. The van der Waals surface area contributed by atoms with E-state index in [0.717, 1.165) is 23.4 Å². The average molecular weight is 369 g/mol. The lowest BCUT2D eigenvalue weighted by Gasteiger charge is -2.08. The van der Waals surface area contributed by atoms with Crippen LogP contribution in [0.15, 0.2) is 46.9 Å². The maximum atomic E-state index is 12.3. The van der Waals surface area contributed by atoms with Gasteiger partial charge in [-0.15, -0.1) is 21.5 Å². The van der Waals surface area contributed by atoms with Gasteiger partial charge in [0.2, 0.25) is 0 Å². The molecule has 0 saturated heterocycles. The number of aryl methyl sites for hydroxylation is 1. The van der Waals surface area contributed by atoms with Crippen LogP contribution in [0.3, 0.4) is 0 Å². The summed E-state index contributed by atoms with van der Waals surface area (Å²) in [5.41, 5.74) is 1.24. The number of thiophene rings is 1. The molecule has 0 spiro atoms. The number of benzene rings is 1. The highest BCUT2D eigenvalue weighted by Crippen LogP contribution is 2.28. The lowest BCUT2D eigenvalue weighted by molar-refractivity contribution is 0.603. The van der Waals surface area contributed by atoms with Crippen molar-refractivity contribution in [2.75, 3.05) is 4.72 Å². The van der Waals surface area contributed by atoms with Crippen molar-refractivity contribution in [1.82, 2.24) is 14.8 Å². The van der Waals surface area contributed by atoms with Crippen molar-refractivity contribution in [3.05, 3.63) is 47.1 Å². The van der Waals surface area contributed by atoms with E-state index in [1.807, 2.05) is 17.6 Å². The number of nitrogens with one attached hydrogen (secondary N) is 1. The summed E-state index contributed by atoms with van der Waals surface area (Å²) in [6.07, 6.45) is 1.64. The molecule has 120 valence electrons. The minimum Gasteiger partial charge on any atom is -0.314 e. The number of sulfonamides is 1. The first-order valence-electron chi connectivity index (χ1n) is 6.76. The van der Waals surface area contributed by atoms with Crippen molar-refractivity contribution in [3.8, 4) is 11.4 Å². The van der Waals surface area contributed by atoms with Gasteiger partial charge in [-0.1, -0.05) is 23.7 Å². The van der Waals surface area contributed by atoms with E-state index in [2.05, 4.69) is 14.9 Å². The van der Waals surface area contributed by atoms with Gasteiger partial charge >= 0.3 is 0 Å². The Hall–Kier alpha value is -1.90. The zero-order valence-corrected chi connectivity index (χ0v) is 14.5. The number of nitrogens with zero attached hydrogens (tertiary/aromatic N) is 3. The highest BCUT2D eigenvalue weighted by molar-refractivity contribution is 7.94. The molecule has 2 heterocycles. The molecule has 3 aromatic rings. The highest BCUT2D eigenvalue weighted by atomic mass is 35.5. The van der Waals surface area contributed by atoms with E-state index in [1.165, 1.54) is 6.07 Å². The summed E-state index contributed by atoms with van der Waals surface area (Å²) in [5.74, 6) is 0.688. The summed E-state index contributed by atoms with van der Waals surface area (Å²) >= 11 is 6.81. The van der Waals surface area contributed by atoms with Gasteiger partial charge in [-0.2, -0.15) is 0 Å². The molecule has 3 rings (SSSR count). The molecule has 0 bridgehead atoms. The number of aromatic nitrogens is 3. The van der Waals surface area contributed by atoms with Crippen LogP contribution in [0.5, 0.6) is 0 Å². The van der Waals surface area contributed by atoms with Crippen LogP contribution in [0, 0.1) is 0 Å². The average Bonchev–Trinajstić information content (AvgIpc) is 3.15. The van der Waals surface area contributed by atoms with Gasteiger partial charge in [-0.25, -0.2) is 8.42 Å². The predicted molar refractivity (Wildman–Crippen MR) is 91.3 cm³/mol. The molecule has 1 N–H and O–H groups in total. The van der Waals surface area contributed by atoms with Gasteiger partial charge in [0.25, 0.3) is 10.0 Å². The second-order valence-electron chi connectivity index (χ2n) is 4.69. The van der Waals surface area contributed by atoms with E-state index < -0.39 is 10.0 Å². The Kier molecular flexibility index (Phi) is 4.38. The van der Waals surface area contributed by atoms with Crippen LogP contribution in [0.2, 0.25) is 4.34 Å². The standard InChI is InChI=1S/C14H13ClN4O2S2/c1-2-19-9-16-17-14(19)10-4-3-5-11(8-10)18-23(20,21)13-7-6-12(15)22-13/h3-9,18H,2H2,1H3. The number of anilines is 1. The summed E-state index contributed by atoms with van der Waals surface area (Å²) in [5, 5.41) is 7.96. The van der Waals surface area contributed by atoms with Crippen molar-refractivity contribution >= 4 is 38.6 Å². The van der Waals surface area contributed by atoms with E-state index in [-0.39, 0.29) is 4.21 Å². The Labute approximate surface area is 142 Å². The Morgan fingerprint density at radius 1 is 1.30 bits per heavy atom. The third-order valence-corrected chi connectivity index (χ3v) is 6.25. The summed E-state index contributed by atoms with van der Waals surface area (Å²) in [6.45, 7) is 2.71. The number of halogens is 1. The molecule has 0 amide bonds. The molecule has 0 radical (unpaired) electrons. The van der Waals surface area contributed by atoms with Crippen LogP contribution >= 0.6 is 22.9 Å². The van der Waals surface area contributed by atoms with Gasteiger partial charge < -0.3 is 4.57 Å². The summed E-state index contributed by atoms with van der Waals surface area (Å²) in [4.78, 5) is 0. The first-order chi connectivity index (χ1) is 11.0. The topological polar surface area (TPSA) is 76.9 Å². The molecule has 0 unspecified atom stereocenters. The molecule has 0 atom stereocenters.